The largest absolute Gasteiger partial charge is 0.384 e. The summed E-state index contributed by atoms with van der Waals surface area (Å²) in [5.41, 5.74) is 2.32. The highest BCUT2D eigenvalue weighted by Crippen LogP contribution is 2.11. The van der Waals surface area contributed by atoms with Crippen molar-refractivity contribution in [1.29, 1.82) is 0 Å². The number of aliphatic hydroxyl groups is 1. The molecule has 1 amide bonds. The molecule has 0 radical (unpaired) electrons. The zero-order valence-electron chi connectivity index (χ0n) is 10.9. The summed E-state index contributed by atoms with van der Waals surface area (Å²) in [7, 11) is 1.66. The Bertz CT molecular complexity index is 642. The fourth-order valence-corrected chi connectivity index (χ4v) is 1.96. The number of likely N-dealkylation sites (N-methyl/N-ethyl adjacent to an activating group) is 1. The van der Waals surface area contributed by atoms with Crippen molar-refractivity contribution in [2.24, 2.45) is 0 Å². The van der Waals surface area contributed by atoms with Gasteiger partial charge in [-0.15, -0.1) is 0 Å². The fraction of sp³-hybridized carbons (Fsp3) is 0.385. The summed E-state index contributed by atoms with van der Waals surface area (Å²) in [5, 5.41) is 9.20. The normalized spacial score (nSPS) is 12.6. The van der Waals surface area contributed by atoms with Crippen LogP contribution in [0.2, 0.25) is 0 Å². The number of carbonyl (C=O) groups excluding carboxylic acids is 1. The Morgan fingerprint density at radius 1 is 1.37 bits per heavy atom. The second kappa shape index (κ2) is 5.27. The van der Waals surface area contributed by atoms with Crippen molar-refractivity contribution in [3.05, 3.63) is 34.2 Å². The summed E-state index contributed by atoms with van der Waals surface area (Å²) in [6.45, 7) is 1.97. The lowest BCUT2D eigenvalue weighted by Gasteiger charge is -2.18. The number of rotatable bonds is 4. The number of amides is 1. The third-order valence-electron chi connectivity index (χ3n) is 3.05. The van der Waals surface area contributed by atoms with Gasteiger partial charge >= 0.3 is 5.69 Å². The highest BCUT2D eigenvalue weighted by atomic mass is 16.3. The molecule has 1 unspecified atom stereocenters. The van der Waals surface area contributed by atoms with Gasteiger partial charge in [-0.2, -0.15) is 0 Å². The maximum absolute atomic E-state index is 11.5. The first-order valence-electron chi connectivity index (χ1n) is 6.11. The molecule has 6 heteroatoms. The van der Waals surface area contributed by atoms with E-state index in [1.165, 1.54) is 11.8 Å². The number of benzene rings is 1. The first-order chi connectivity index (χ1) is 8.97. The van der Waals surface area contributed by atoms with Crippen molar-refractivity contribution < 1.29 is 9.90 Å². The molecule has 1 heterocycles. The molecule has 0 aliphatic rings. The molecule has 0 aliphatic carbocycles. The van der Waals surface area contributed by atoms with E-state index in [0.717, 1.165) is 16.6 Å². The molecule has 6 nitrogen and oxygen atoms in total. The summed E-state index contributed by atoms with van der Waals surface area (Å²) >= 11 is 0. The van der Waals surface area contributed by atoms with E-state index in [1.54, 1.807) is 7.05 Å². The van der Waals surface area contributed by atoms with Crippen molar-refractivity contribution in [2.45, 2.75) is 19.4 Å². The van der Waals surface area contributed by atoms with E-state index in [-0.39, 0.29) is 11.6 Å². The molecule has 0 saturated carbocycles. The van der Waals surface area contributed by atoms with Crippen LogP contribution in [0.4, 0.5) is 0 Å². The highest BCUT2D eigenvalue weighted by Gasteiger charge is 2.14. The SMILES string of the molecule is CC(O)C(=O)N(C)CCc1ccc2[nH]c(=O)[nH]c2c1. The minimum atomic E-state index is -0.978. The summed E-state index contributed by atoms with van der Waals surface area (Å²) in [4.78, 5) is 29.5. The van der Waals surface area contributed by atoms with Crippen molar-refractivity contribution in [2.75, 3.05) is 13.6 Å². The third kappa shape index (κ3) is 3.03. The van der Waals surface area contributed by atoms with Gasteiger partial charge in [-0.1, -0.05) is 6.07 Å². The van der Waals surface area contributed by atoms with E-state index in [2.05, 4.69) is 9.97 Å². The molecule has 19 heavy (non-hydrogen) atoms. The van der Waals surface area contributed by atoms with Gasteiger partial charge in [0, 0.05) is 13.6 Å². The molecular formula is C13H17N3O3. The second-order valence-electron chi connectivity index (χ2n) is 4.64. The fourth-order valence-electron chi connectivity index (χ4n) is 1.96. The predicted octanol–water partition coefficient (Wildman–Crippen LogP) is 0.238. The molecule has 0 fully saturated rings. The topological polar surface area (TPSA) is 89.2 Å². The van der Waals surface area contributed by atoms with Gasteiger partial charge in [0.1, 0.15) is 6.10 Å². The molecule has 0 saturated heterocycles. The van der Waals surface area contributed by atoms with E-state index in [1.807, 2.05) is 18.2 Å². The number of aromatic nitrogens is 2. The van der Waals surface area contributed by atoms with Gasteiger partial charge < -0.3 is 20.0 Å². The van der Waals surface area contributed by atoms with Crippen LogP contribution in [0, 0.1) is 0 Å². The number of aliphatic hydroxyl groups excluding tert-OH is 1. The Morgan fingerprint density at radius 2 is 2.05 bits per heavy atom. The lowest BCUT2D eigenvalue weighted by atomic mass is 10.1. The number of hydrogen-bond donors (Lipinski definition) is 3. The Morgan fingerprint density at radius 3 is 2.74 bits per heavy atom. The van der Waals surface area contributed by atoms with Crippen molar-refractivity contribution >= 4 is 16.9 Å². The summed E-state index contributed by atoms with van der Waals surface area (Å²) < 4.78 is 0. The monoisotopic (exact) mass is 263 g/mol. The van der Waals surface area contributed by atoms with Crippen LogP contribution >= 0.6 is 0 Å². The number of hydrogen-bond acceptors (Lipinski definition) is 3. The van der Waals surface area contributed by atoms with Crippen LogP contribution in [-0.2, 0) is 11.2 Å². The number of fused-ring (bicyclic) bond motifs is 1. The quantitative estimate of drug-likeness (QED) is 0.738. The average Bonchev–Trinajstić information content (AvgIpc) is 2.74. The Labute approximate surface area is 110 Å². The smallest absolute Gasteiger partial charge is 0.323 e. The van der Waals surface area contributed by atoms with E-state index < -0.39 is 6.10 Å². The lowest BCUT2D eigenvalue weighted by molar-refractivity contribution is -0.137. The van der Waals surface area contributed by atoms with E-state index in [0.29, 0.717) is 13.0 Å². The summed E-state index contributed by atoms with van der Waals surface area (Å²) in [6, 6.07) is 5.62. The van der Waals surface area contributed by atoms with Crippen molar-refractivity contribution in [1.82, 2.24) is 14.9 Å². The highest BCUT2D eigenvalue weighted by molar-refractivity contribution is 5.80. The first-order valence-corrected chi connectivity index (χ1v) is 6.11. The third-order valence-corrected chi connectivity index (χ3v) is 3.05. The molecule has 1 atom stereocenters. The minimum absolute atomic E-state index is 0.228. The Balaban J connectivity index is 2.05. The lowest BCUT2D eigenvalue weighted by Crippen LogP contribution is -2.35. The van der Waals surface area contributed by atoms with Crippen LogP contribution < -0.4 is 5.69 Å². The first kappa shape index (κ1) is 13.4. The molecule has 0 aliphatic heterocycles. The zero-order chi connectivity index (χ0) is 14.0. The molecule has 102 valence electrons. The number of aromatic amines is 2. The Hall–Kier alpha value is -2.08. The van der Waals surface area contributed by atoms with Crippen LogP contribution in [-0.4, -0.2) is 45.6 Å². The molecule has 0 spiro atoms. The molecule has 1 aromatic heterocycles. The molecule has 2 rings (SSSR count). The number of imidazole rings is 1. The molecule has 0 bridgehead atoms. The van der Waals surface area contributed by atoms with Gasteiger partial charge in [-0.3, -0.25) is 4.79 Å². The molecule has 3 N–H and O–H groups in total. The molecule has 2 aromatic rings. The van der Waals surface area contributed by atoms with Crippen molar-refractivity contribution in [3.63, 3.8) is 0 Å². The van der Waals surface area contributed by atoms with Gasteiger partial charge in [-0.05, 0) is 31.0 Å². The van der Waals surface area contributed by atoms with Crippen LogP contribution in [0.3, 0.4) is 0 Å². The minimum Gasteiger partial charge on any atom is -0.384 e. The van der Waals surface area contributed by atoms with E-state index in [4.69, 9.17) is 0 Å². The average molecular weight is 263 g/mol. The van der Waals surface area contributed by atoms with Crippen molar-refractivity contribution in [3.8, 4) is 0 Å². The Kier molecular flexibility index (Phi) is 3.71. The number of nitrogens with one attached hydrogen (secondary N) is 2. The van der Waals surface area contributed by atoms with E-state index >= 15 is 0 Å². The maximum Gasteiger partial charge on any atom is 0.323 e. The van der Waals surface area contributed by atoms with Gasteiger partial charge in [0.25, 0.3) is 5.91 Å². The van der Waals surface area contributed by atoms with Crippen LogP contribution in [0.5, 0.6) is 0 Å². The van der Waals surface area contributed by atoms with Gasteiger partial charge in [0.2, 0.25) is 0 Å². The molecule has 1 aromatic carbocycles. The van der Waals surface area contributed by atoms with Gasteiger partial charge in [0.15, 0.2) is 0 Å². The van der Waals surface area contributed by atoms with E-state index in [9.17, 15) is 14.7 Å². The zero-order valence-corrected chi connectivity index (χ0v) is 10.9. The number of nitrogens with zero attached hydrogens (tertiary/aromatic N) is 1. The van der Waals surface area contributed by atoms with Crippen LogP contribution in [0.1, 0.15) is 12.5 Å². The van der Waals surface area contributed by atoms with Gasteiger partial charge in [0.05, 0.1) is 11.0 Å². The van der Waals surface area contributed by atoms with Gasteiger partial charge in [-0.25, -0.2) is 4.79 Å². The van der Waals surface area contributed by atoms with Crippen LogP contribution in [0.25, 0.3) is 11.0 Å². The summed E-state index contributed by atoms with van der Waals surface area (Å²) in [5.74, 6) is -0.295. The predicted molar refractivity (Wildman–Crippen MR) is 71.9 cm³/mol. The standard InChI is InChI=1S/C13H17N3O3/c1-8(17)12(18)16(2)6-5-9-3-4-10-11(7-9)15-13(19)14-10/h3-4,7-8,17H,5-6H2,1-2H3,(H2,14,15,19). The summed E-state index contributed by atoms with van der Waals surface area (Å²) in [6.07, 6.45) is -0.313. The van der Waals surface area contributed by atoms with Crippen LogP contribution in [0.15, 0.2) is 23.0 Å². The maximum atomic E-state index is 11.5. The molecular weight excluding hydrogens is 246 g/mol. The second-order valence-corrected chi connectivity index (χ2v) is 4.64. The number of H-pyrrole nitrogens is 2. The number of carbonyl (C=O) groups is 1.